The molecule has 2 heterocycles. The normalized spacial score (nSPS) is 13.6. The van der Waals surface area contributed by atoms with Gasteiger partial charge in [-0.05, 0) is 112 Å². The molecular formula is C71H75IN2O10PS2+. The Morgan fingerprint density at radius 3 is 1.29 bits per heavy atom. The van der Waals surface area contributed by atoms with Crippen molar-refractivity contribution in [1.82, 2.24) is 0 Å². The second-order valence-electron chi connectivity index (χ2n) is 23.3. The molecule has 0 spiro atoms. The van der Waals surface area contributed by atoms with Crippen LogP contribution in [0.25, 0.3) is 12.2 Å². The number of anilines is 2. The first-order chi connectivity index (χ1) is 40.6. The van der Waals surface area contributed by atoms with E-state index >= 15 is 0 Å². The monoisotopic (exact) mass is 1340 g/mol. The maximum atomic E-state index is 12.5. The van der Waals surface area contributed by atoms with E-state index in [0.717, 1.165) is 33.4 Å². The zero-order valence-electron chi connectivity index (χ0n) is 51.0. The lowest BCUT2D eigenvalue weighted by atomic mass is 9.84. The fourth-order valence-electron chi connectivity index (χ4n) is 9.80. The van der Waals surface area contributed by atoms with Crippen molar-refractivity contribution in [3.05, 3.63) is 233 Å². The minimum atomic E-state index is -3.11. The number of nitrogens with zero attached hydrogens (tertiary/aromatic N) is 2. The molecule has 2 aliphatic rings. The molecule has 2 aliphatic heterocycles. The minimum Gasteiger partial charge on any atom is -0.496 e. The highest BCUT2D eigenvalue weighted by Crippen LogP contribution is 2.51. The molecule has 0 aromatic heterocycles. The third-order valence-corrected chi connectivity index (χ3v) is 19.9. The number of hydrogen-bond donors (Lipinski definition) is 0. The zero-order chi connectivity index (χ0) is 62.6. The van der Waals surface area contributed by atoms with E-state index in [1.54, 1.807) is 56.7 Å². The van der Waals surface area contributed by atoms with E-state index < -0.39 is 26.9 Å². The first kappa shape index (κ1) is 68.4. The van der Waals surface area contributed by atoms with Crippen molar-refractivity contribution < 1.29 is 45.5 Å². The van der Waals surface area contributed by atoms with Crippen molar-refractivity contribution >= 4 is 114 Å². The molecule has 2 amide bonds. The van der Waals surface area contributed by atoms with Crippen LogP contribution in [0.1, 0.15) is 98.9 Å². The molecule has 452 valence electrons. The van der Waals surface area contributed by atoms with Crippen LogP contribution in [0, 0.1) is 11.8 Å². The number of allylic oxidation sites excluding steroid dienone is 2. The Morgan fingerprint density at radius 1 is 0.517 bits per heavy atom. The number of halogens is 1. The lowest BCUT2D eigenvalue weighted by molar-refractivity contribution is -0.126. The average molecular weight is 1340 g/mol. The van der Waals surface area contributed by atoms with Crippen molar-refractivity contribution in [2.45, 2.75) is 76.7 Å². The van der Waals surface area contributed by atoms with Crippen molar-refractivity contribution in [3.8, 4) is 23.3 Å². The van der Waals surface area contributed by atoms with Crippen molar-refractivity contribution in [3.63, 3.8) is 0 Å². The summed E-state index contributed by atoms with van der Waals surface area (Å²) in [6, 6.07) is 54.4. The Hall–Kier alpha value is -7.74. The number of rotatable bonds is 13. The van der Waals surface area contributed by atoms with Gasteiger partial charge in [0, 0.05) is 52.9 Å². The molecule has 0 unspecified atom stereocenters. The number of amides is 2. The molecule has 0 fully saturated rings. The minimum absolute atomic E-state index is 0. The molecule has 7 aromatic rings. The number of hydrogen-bond acceptors (Lipinski definition) is 10. The molecule has 87 heavy (non-hydrogen) atoms. The van der Waals surface area contributed by atoms with Gasteiger partial charge in [0.15, 0.2) is 31.2 Å². The highest BCUT2D eigenvalue weighted by atomic mass is 127. The number of sulfone groups is 2. The molecule has 0 saturated heterocycles. The predicted octanol–water partition coefficient (Wildman–Crippen LogP) is 12.5. The van der Waals surface area contributed by atoms with Gasteiger partial charge < -0.3 is 9.47 Å². The van der Waals surface area contributed by atoms with Crippen LogP contribution in [0.4, 0.5) is 11.4 Å². The van der Waals surface area contributed by atoms with Gasteiger partial charge in [-0.1, -0.05) is 157 Å². The second-order valence-corrected chi connectivity index (χ2v) is 31.2. The summed E-state index contributed by atoms with van der Waals surface area (Å²) in [4.78, 5) is 51.1. The van der Waals surface area contributed by atoms with Gasteiger partial charge in [-0.15, -0.1) is 24.0 Å². The van der Waals surface area contributed by atoms with E-state index in [2.05, 4.69) is 130 Å². The van der Waals surface area contributed by atoms with Crippen LogP contribution in [0.2, 0.25) is 0 Å². The average Bonchev–Trinajstić information content (AvgIpc) is 0.975. The molecule has 0 bridgehead atoms. The quantitative estimate of drug-likeness (QED) is 0.0357. The van der Waals surface area contributed by atoms with Crippen LogP contribution in [-0.4, -0.2) is 73.6 Å². The van der Waals surface area contributed by atoms with Crippen LogP contribution in [0.15, 0.2) is 188 Å². The van der Waals surface area contributed by atoms with Gasteiger partial charge in [-0.3, -0.25) is 29.0 Å². The summed E-state index contributed by atoms with van der Waals surface area (Å²) < 4.78 is 57.5. The molecule has 12 nitrogen and oxygen atoms in total. The van der Waals surface area contributed by atoms with E-state index in [-0.39, 0.29) is 82.5 Å². The van der Waals surface area contributed by atoms with Crippen LogP contribution < -0.4 is 35.2 Å². The summed E-state index contributed by atoms with van der Waals surface area (Å²) in [6.07, 6.45) is 11.7. The summed E-state index contributed by atoms with van der Waals surface area (Å²) in [6.45, 7) is 14.8. The number of carbonyl (C=O) groups excluding carboxylic acids is 4. The SMILES string of the molecule is COc1c(/C=C/c2ccc(CS(C)(=O)=O)cc2)cc(N2C=CC(=O)CC2=O)cc1C(C)(C)C.COc1c(C#Cc2ccc(CS(C)(=O)=O)cc2)cc(N2C=CC(=O)CC2=O)cc1C(C)(C)C.C[P+](c1ccccc1)(c1ccccc1)c1ccccc1.I. The maximum absolute atomic E-state index is 12.5. The molecule has 9 rings (SSSR count). The predicted molar refractivity (Wildman–Crippen MR) is 367 cm³/mol. The standard InChI is InChI=1S/C26H29NO5S.C26H27NO5S.C19H18P.HI/c2*1-26(2,3)23-15-21(27-13-12-22(28)16-24(27)29)14-20(25(23)32-4)11-10-18-6-8-19(9-7-18)17-33(5,30)31;1-20(17-11-5-2-6-12-17,18-13-7-3-8-14-18)19-15-9-4-10-16-19;/h6-15H,16-17H2,1-5H3;6-9,12-15H,16-17H2,1-5H3;2-16H,1H3;1H/q;;+1;/b11-10+;;;. The van der Waals surface area contributed by atoms with E-state index in [9.17, 15) is 36.0 Å². The number of ether oxygens (including phenoxy) is 2. The fraction of sp³-hybridized carbons (Fsp3) is 0.239. The summed E-state index contributed by atoms with van der Waals surface area (Å²) in [5.74, 6) is 6.55. The Morgan fingerprint density at radius 2 is 0.908 bits per heavy atom. The van der Waals surface area contributed by atoms with Gasteiger partial charge >= 0.3 is 0 Å². The van der Waals surface area contributed by atoms with Crippen LogP contribution >= 0.6 is 31.2 Å². The first-order valence-electron chi connectivity index (χ1n) is 27.8. The molecule has 0 saturated carbocycles. The third kappa shape index (κ3) is 18.6. The number of carbonyl (C=O) groups is 4. The smallest absolute Gasteiger partial charge is 0.238 e. The van der Waals surface area contributed by atoms with Crippen LogP contribution in [-0.2, 0) is 61.2 Å². The molecule has 0 N–H and O–H groups in total. The lowest BCUT2D eigenvalue weighted by Gasteiger charge is -2.28. The number of ketones is 2. The van der Waals surface area contributed by atoms with E-state index in [1.165, 1.54) is 62.8 Å². The number of benzene rings is 7. The summed E-state index contributed by atoms with van der Waals surface area (Å²) in [7, 11) is -4.52. The highest BCUT2D eigenvalue weighted by molar-refractivity contribution is 14.0. The van der Waals surface area contributed by atoms with E-state index in [4.69, 9.17) is 9.47 Å². The first-order valence-corrected chi connectivity index (χ1v) is 34.2. The van der Waals surface area contributed by atoms with Gasteiger partial charge in [0.25, 0.3) is 0 Å². The van der Waals surface area contributed by atoms with Crippen LogP contribution in [0.5, 0.6) is 11.5 Å². The Labute approximate surface area is 531 Å². The lowest BCUT2D eigenvalue weighted by Crippen LogP contribution is -2.31. The Balaban J connectivity index is 0.000000214. The summed E-state index contributed by atoms with van der Waals surface area (Å²) in [5, 5.41) is 4.28. The summed E-state index contributed by atoms with van der Waals surface area (Å²) in [5.41, 5.74) is 7.00. The highest BCUT2D eigenvalue weighted by Gasteiger charge is 2.40. The Kier molecular flexibility index (Phi) is 23.0. The summed E-state index contributed by atoms with van der Waals surface area (Å²) >= 11 is 0. The van der Waals surface area contributed by atoms with Gasteiger partial charge in [0.2, 0.25) is 11.8 Å². The largest absolute Gasteiger partial charge is 0.496 e. The van der Waals surface area contributed by atoms with E-state index in [1.807, 2.05) is 63.3 Å². The van der Waals surface area contributed by atoms with Gasteiger partial charge in [0.1, 0.15) is 34.7 Å². The van der Waals surface area contributed by atoms with E-state index in [0.29, 0.717) is 34.0 Å². The van der Waals surface area contributed by atoms with Crippen molar-refractivity contribution in [1.29, 1.82) is 0 Å². The molecule has 16 heteroatoms. The maximum Gasteiger partial charge on any atom is 0.238 e. The van der Waals surface area contributed by atoms with Crippen molar-refractivity contribution in [2.75, 3.05) is 43.2 Å². The van der Waals surface area contributed by atoms with Gasteiger partial charge in [-0.2, -0.15) is 0 Å². The third-order valence-electron chi connectivity index (χ3n) is 14.2. The van der Waals surface area contributed by atoms with Gasteiger partial charge in [-0.25, -0.2) is 16.8 Å². The molecule has 0 radical (unpaired) electrons. The number of methoxy groups -OCH3 is 2. The van der Waals surface area contributed by atoms with Gasteiger partial charge in [0.05, 0.1) is 56.5 Å². The molecule has 0 atom stereocenters. The topological polar surface area (TPSA) is 162 Å². The zero-order valence-corrected chi connectivity index (χ0v) is 55.9. The second kappa shape index (κ2) is 29.3. The van der Waals surface area contributed by atoms with Crippen LogP contribution in [0.3, 0.4) is 0 Å². The Bertz CT molecular complexity index is 3920. The van der Waals surface area contributed by atoms with Crippen molar-refractivity contribution in [2.24, 2.45) is 0 Å². The molecule has 0 aliphatic carbocycles. The molecular weight excluding hydrogens is 1260 g/mol. The fourth-order valence-corrected chi connectivity index (χ4v) is 14.6. The molecule has 7 aromatic carbocycles.